The van der Waals surface area contributed by atoms with Gasteiger partial charge >= 0.3 is 6.03 Å². The Morgan fingerprint density at radius 2 is 1.55 bits per heavy atom. The number of nitrogens with zero attached hydrogens (tertiary/aromatic N) is 2. The molecule has 0 saturated carbocycles. The molecular formula is C30H35N7O2S. The summed E-state index contributed by atoms with van der Waals surface area (Å²) in [6, 6.07) is 22.6. The number of hydrogen-bond donors (Lipinski definition) is 5. The average molecular weight is 558 g/mol. The predicted molar refractivity (Wildman–Crippen MR) is 167 cm³/mol. The summed E-state index contributed by atoms with van der Waals surface area (Å²) in [5.41, 5.74) is 3.68. The molecule has 10 heteroatoms. The summed E-state index contributed by atoms with van der Waals surface area (Å²) in [5, 5.41) is 17.7. The van der Waals surface area contributed by atoms with Crippen molar-refractivity contribution >= 4 is 62.4 Å². The molecule has 9 nitrogen and oxygen atoms in total. The number of carbonyl (C=O) groups excluding carboxylic acids is 2. The number of nitrogens with one attached hydrogen (secondary N) is 5. The first-order valence-electron chi connectivity index (χ1n) is 13.3. The maximum Gasteiger partial charge on any atom is 0.319 e. The zero-order valence-electron chi connectivity index (χ0n) is 22.8. The number of carbonyl (C=O) groups is 2. The van der Waals surface area contributed by atoms with Gasteiger partial charge in [-0.3, -0.25) is 4.79 Å². The highest BCUT2D eigenvalue weighted by atomic mass is 32.1. The van der Waals surface area contributed by atoms with Crippen LogP contribution >= 0.6 is 12.2 Å². The summed E-state index contributed by atoms with van der Waals surface area (Å²) >= 11 is 5.31. The monoisotopic (exact) mass is 557 g/mol. The van der Waals surface area contributed by atoms with Crippen LogP contribution < -0.4 is 26.6 Å². The number of hydrogen-bond acceptors (Lipinski definition) is 5. The van der Waals surface area contributed by atoms with E-state index in [1.54, 1.807) is 6.07 Å². The van der Waals surface area contributed by atoms with Crippen LogP contribution in [0, 0.1) is 0 Å². The van der Waals surface area contributed by atoms with Crippen molar-refractivity contribution in [3.05, 3.63) is 78.4 Å². The van der Waals surface area contributed by atoms with Crippen LogP contribution in [0.1, 0.15) is 23.2 Å². The van der Waals surface area contributed by atoms with Gasteiger partial charge in [0.05, 0.1) is 22.3 Å². The molecule has 0 aliphatic rings. The quantitative estimate of drug-likeness (QED) is 0.104. The number of pyridine rings is 1. The molecule has 0 fully saturated rings. The van der Waals surface area contributed by atoms with E-state index in [0.29, 0.717) is 42.4 Å². The second-order valence-corrected chi connectivity index (χ2v) is 9.71. The largest absolute Gasteiger partial charge is 0.382 e. The zero-order chi connectivity index (χ0) is 28.3. The van der Waals surface area contributed by atoms with E-state index in [9.17, 15) is 9.59 Å². The van der Waals surface area contributed by atoms with Gasteiger partial charge in [0.2, 0.25) is 0 Å². The number of aromatic nitrogens is 1. The number of rotatable bonds is 11. The van der Waals surface area contributed by atoms with E-state index in [1.165, 1.54) is 0 Å². The Balaban J connectivity index is 1.37. The summed E-state index contributed by atoms with van der Waals surface area (Å²) < 4.78 is 0. The van der Waals surface area contributed by atoms with Crippen molar-refractivity contribution in [2.24, 2.45) is 0 Å². The first-order valence-corrected chi connectivity index (χ1v) is 13.7. The lowest BCUT2D eigenvalue weighted by Crippen LogP contribution is -2.37. The molecule has 0 aliphatic carbocycles. The molecule has 1 heterocycles. The molecule has 0 bridgehead atoms. The van der Waals surface area contributed by atoms with E-state index in [1.807, 2.05) is 85.7 Å². The highest BCUT2D eigenvalue weighted by Gasteiger charge is 2.16. The van der Waals surface area contributed by atoms with E-state index in [2.05, 4.69) is 26.6 Å². The summed E-state index contributed by atoms with van der Waals surface area (Å²) in [4.78, 5) is 32.0. The summed E-state index contributed by atoms with van der Waals surface area (Å²) in [6.45, 7) is 2.38. The normalized spacial score (nSPS) is 10.7. The molecule has 0 radical (unpaired) electrons. The summed E-state index contributed by atoms with van der Waals surface area (Å²) in [5.74, 6) is -0.173. The van der Waals surface area contributed by atoms with Gasteiger partial charge in [0, 0.05) is 56.7 Å². The second-order valence-electron chi connectivity index (χ2n) is 9.32. The molecule has 208 valence electrons. The number of anilines is 2. The van der Waals surface area contributed by atoms with Gasteiger partial charge in [-0.15, -0.1) is 0 Å². The fraction of sp³-hybridized carbons (Fsp3) is 0.267. The van der Waals surface area contributed by atoms with Crippen LogP contribution in [0.25, 0.3) is 21.8 Å². The number of likely N-dealkylation sites (N-methyl/N-ethyl adjacent to an activating group) is 1. The summed E-state index contributed by atoms with van der Waals surface area (Å²) in [6.07, 6.45) is 1.47. The first kappa shape index (κ1) is 28.6. The van der Waals surface area contributed by atoms with Gasteiger partial charge < -0.3 is 31.5 Å². The number of fused-ring (bicyclic) bond motifs is 2. The van der Waals surface area contributed by atoms with E-state index in [0.717, 1.165) is 40.5 Å². The third kappa shape index (κ3) is 7.35. The van der Waals surface area contributed by atoms with Crippen LogP contribution in [0.5, 0.6) is 0 Å². The fourth-order valence-corrected chi connectivity index (χ4v) is 4.47. The average Bonchev–Trinajstić information content (AvgIpc) is 2.98. The highest BCUT2D eigenvalue weighted by molar-refractivity contribution is 7.80. The Morgan fingerprint density at radius 3 is 2.33 bits per heavy atom. The maximum absolute atomic E-state index is 13.2. The van der Waals surface area contributed by atoms with E-state index < -0.39 is 0 Å². The standard InChI is InChI=1S/C30H35N7O2S/c1-31-30(40)37(2)20-19-32-26-22-13-6-7-16-25(22)36-27-23(26)14-10-15-24(27)28(38)33-17-8-9-18-34-29(39)35-21-11-4-3-5-12-21/h3-7,10-16H,8-9,17-20H2,1-2H3,(H,31,40)(H,32,36)(H,33,38)(H2,34,35,39). The van der Waals surface area contributed by atoms with Gasteiger partial charge in [-0.1, -0.05) is 48.5 Å². The molecule has 3 amide bonds. The number of thiocarbonyl (C=S) groups is 1. The summed E-state index contributed by atoms with van der Waals surface area (Å²) in [7, 11) is 3.76. The minimum absolute atomic E-state index is 0.173. The molecular weight excluding hydrogens is 522 g/mol. The number of benzene rings is 3. The fourth-order valence-electron chi connectivity index (χ4n) is 4.37. The van der Waals surface area contributed by atoms with Crippen molar-refractivity contribution in [2.75, 3.05) is 50.9 Å². The number of para-hydroxylation sites is 3. The Labute approximate surface area is 239 Å². The molecule has 0 atom stereocenters. The second kappa shape index (κ2) is 14.1. The van der Waals surface area contributed by atoms with Crippen molar-refractivity contribution < 1.29 is 9.59 Å². The van der Waals surface area contributed by atoms with Crippen LogP contribution in [0.3, 0.4) is 0 Å². The van der Waals surface area contributed by atoms with Crippen molar-refractivity contribution in [2.45, 2.75) is 12.8 Å². The van der Waals surface area contributed by atoms with Crippen LogP contribution in [0.15, 0.2) is 72.8 Å². The van der Waals surface area contributed by atoms with Crippen LogP contribution in [-0.2, 0) is 0 Å². The smallest absolute Gasteiger partial charge is 0.319 e. The molecule has 1 aromatic heterocycles. The number of unbranched alkanes of at least 4 members (excludes halogenated alkanes) is 1. The van der Waals surface area contributed by atoms with Gasteiger partial charge in [-0.2, -0.15) is 0 Å². The van der Waals surface area contributed by atoms with Gasteiger partial charge in [0.25, 0.3) is 5.91 Å². The molecule has 4 rings (SSSR count). The first-order chi connectivity index (χ1) is 19.5. The lowest BCUT2D eigenvalue weighted by Gasteiger charge is -2.21. The third-order valence-corrected chi connectivity index (χ3v) is 6.99. The predicted octanol–water partition coefficient (Wildman–Crippen LogP) is 4.57. The van der Waals surface area contributed by atoms with Crippen LogP contribution in [0.4, 0.5) is 16.2 Å². The molecule has 40 heavy (non-hydrogen) atoms. The number of amides is 3. The zero-order valence-corrected chi connectivity index (χ0v) is 23.6. The number of urea groups is 1. The minimum atomic E-state index is -0.245. The molecule has 3 aromatic carbocycles. The van der Waals surface area contributed by atoms with Crippen molar-refractivity contribution in [1.82, 2.24) is 25.8 Å². The molecule has 5 N–H and O–H groups in total. The SMILES string of the molecule is CNC(=S)N(C)CCNc1c2ccccc2nc2c(C(=O)NCCCCNC(=O)Nc3ccccc3)cccc12. The minimum Gasteiger partial charge on any atom is -0.382 e. The van der Waals surface area contributed by atoms with E-state index >= 15 is 0 Å². The van der Waals surface area contributed by atoms with E-state index in [-0.39, 0.29) is 11.9 Å². The molecule has 0 unspecified atom stereocenters. The van der Waals surface area contributed by atoms with Gasteiger partial charge in [0.15, 0.2) is 5.11 Å². The van der Waals surface area contributed by atoms with Crippen molar-refractivity contribution in [3.8, 4) is 0 Å². The maximum atomic E-state index is 13.2. The van der Waals surface area contributed by atoms with Gasteiger partial charge in [-0.05, 0) is 49.3 Å². The van der Waals surface area contributed by atoms with Crippen molar-refractivity contribution in [3.63, 3.8) is 0 Å². The van der Waals surface area contributed by atoms with E-state index in [4.69, 9.17) is 17.2 Å². The third-order valence-electron chi connectivity index (χ3n) is 6.47. The topological polar surface area (TPSA) is 110 Å². The Kier molecular flexibility index (Phi) is 10.1. The van der Waals surface area contributed by atoms with Crippen molar-refractivity contribution in [1.29, 1.82) is 0 Å². The van der Waals surface area contributed by atoms with Gasteiger partial charge in [0.1, 0.15) is 0 Å². The molecule has 0 spiro atoms. The lowest BCUT2D eigenvalue weighted by atomic mass is 10.0. The molecule has 0 saturated heterocycles. The van der Waals surface area contributed by atoms with Gasteiger partial charge in [-0.25, -0.2) is 9.78 Å². The highest BCUT2D eigenvalue weighted by Crippen LogP contribution is 2.32. The van der Waals surface area contributed by atoms with Crippen LogP contribution in [-0.4, -0.2) is 67.2 Å². The molecule has 4 aromatic rings. The van der Waals surface area contributed by atoms with Crippen LogP contribution in [0.2, 0.25) is 0 Å². The lowest BCUT2D eigenvalue weighted by molar-refractivity contribution is 0.0954. The Bertz CT molecular complexity index is 1480. The molecule has 0 aliphatic heterocycles. The Hall–Kier alpha value is -4.44. The Morgan fingerprint density at radius 1 is 0.850 bits per heavy atom.